The highest BCUT2D eigenvalue weighted by atomic mass is 32.2. The molecular formula is C9H20N2O2S. The van der Waals surface area contributed by atoms with Gasteiger partial charge in [-0.3, -0.25) is 9.00 Å². The van der Waals surface area contributed by atoms with Gasteiger partial charge in [-0.05, 0) is 13.0 Å². The molecule has 0 fully saturated rings. The van der Waals surface area contributed by atoms with Gasteiger partial charge in [0.2, 0.25) is 5.91 Å². The van der Waals surface area contributed by atoms with Crippen molar-refractivity contribution in [3.05, 3.63) is 0 Å². The highest BCUT2D eigenvalue weighted by Gasteiger charge is 2.12. The van der Waals surface area contributed by atoms with Crippen molar-refractivity contribution in [1.82, 2.24) is 4.90 Å². The van der Waals surface area contributed by atoms with Crippen LogP contribution < -0.4 is 5.73 Å². The van der Waals surface area contributed by atoms with E-state index in [1.807, 2.05) is 6.92 Å². The summed E-state index contributed by atoms with van der Waals surface area (Å²) in [7, 11) is 2.48. The standard InChI is InChI=1S/C9H20N2O2S/c1-8(4-6-10)14(13)7-5-9(12)11(2)3/h8H,4-7,10H2,1-3H3. The van der Waals surface area contributed by atoms with E-state index in [1.165, 1.54) is 4.90 Å². The summed E-state index contributed by atoms with van der Waals surface area (Å²) in [5.41, 5.74) is 5.36. The maximum atomic E-state index is 11.5. The maximum Gasteiger partial charge on any atom is 0.222 e. The first-order chi connectivity index (χ1) is 6.49. The lowest BCUT2D eigenvalue weighted by atomic mass is 10.3. The quantitative estimate of drug-likeness (QED) is 0.682. The van der Waals surface area contributed by atoms with Crippen LogP contribution in [-0.4, -0.2) is 46.7 Å². The molecule has 14 heavy (non-hydrogen) atoms. The molecule has 5 heteroatoms. The van der Waals surface area contributed by atoms with Crippen LogP contribution in [0.5, 0.6) is 0 Å². The lowest BCUT2D eigenvalue weighted by Crippen LogP contribution is -2.25. The van der Waals surface area contributed by atoms with Crippen molar-refractivity contribution >= 4 is 16.7 Å². The number of rotatable bonds is 6. The van der Waals surface area contributed by atoms with Crippen LogP contribution in [0.2, 0.25) is 0 Å². The SMILES string of the molecule is CC(CCN)S(=O)CCC(=O)N(C)C. The van der Waals surface area contributed by atoms with Gasteiger partial charge in [0.15, 0.2) is 0 Å². The number of nitrogens with zero attached hydrogens (tertiary/aromatic N) is 1. The number of carbonyl (C=O) groups excluding carboxylic acids is 1. The summed E-state index contributed by atoms with van der Waals surface area (Å²) in [6.45, 7) is 2.46. The Hall–Kier alpha value is -0.420. The molecule has 0 aliphatic carbocycles. The molecular weight excluding hydrogens is 200 g/mol. The van der Waals surface area contributed by atoms with E-state index in [1.54, 1.807) is 14.1 Å². The zero-order valence-electron chi connectivity index (χ0n) is 9.16. The Balaban J connectivity index is 3.79. The maximum absolute atomic E-state index is 11.5. The molecule has 84 valence electrons. The molecule has 0 saturated carbocycles. The van der Waals surface area contributed by atoms with E-state index in [2.05, 4.69) is 0 Å². The average Bonchev–Trinajstić information content (AvgIpc) is 2.13. The van der Waals surface area contributed by atoms with Gasteiger partial charge in [0.1, 0.15) is 0 Å². The topological polar surface area (TPSA) is 63.4 Å². The van der Waals surface area contributed by atoms with Crippen molar-refractivity contribution in [3.63, 3.8) is 0 Å². The monoisotopic (exact) mass is 220 g/mol. The summed E-state index contributed by atoms with van der Waals surface area (Å²) < 4.78 is 11.5. The summed E-state index contributed by atoms with van der Waals surface area (Å²) in [5, 5.41) is 0.0926. The van der Waals surface area contributed by atoms with E-state index in [9.17, 15) is 9.00 Å². The van der Waals surface area contributed by atoms with E-state index in [0.29, 0.717) is 18.7 Å². The molecule has 0 saturated heterocycles. The Morgan fingerprint density at radius 1 is 1.50 bits per heavy atom. The van der Waals surface area contributed by atoms with Gasteiger partial charge >= 0.3 is 0 Å². The Morgan fingerprint density at radius 2 is 2.07 bits per heavy atom. The first kappa shape index (κ1) is 13.6. The molecule has 0 radical (unpaired) electrons. The molecule has 0 aliphatic heterocycles. The van der Waals surface area contributed by atoms with E-state index in [0.717, 1.165) is 6.42 Å². The van der Waals surface area contributed by atoms with Crippen LogP contribution in [0.1, 0.15) is 19.8 Å². The minimum absolute atomic E-state index is 0.0262. The zero-order valence-corrected chi connectivity index (χ0v) is 9.97. The summed E-state index contributed by atoms with van der Waals surface area (Å²) in [6.07, 6.45) is 1.11. The number of carbonyl (C=O) groups is 1. The van der Waals surface area contributed by atoms with Gasteiger partial charge in [-0.1, -0.05) is 6.92 Å². The number of amides is 1. The second-order valence-corrected chi connectivity index (χ2v) is 5.49. The highest BCUT2D eigenvalue weighted by molar-refractivity contribution is 7.85. The normalized spacial score (nSPS) is 14.9. The van der Waals surface area contributed by atoms with Crippen molar-refractivity contribution in [2.45, 2.75) is 25.0 Å². The zero-order chi connectivity index (χ0) is 11.1. The summed E-state index contributed by atoms with van der Waals surface area (Å²) in [5.74, 6) is 0.469. The minimum atomic E-state index is -0.929. The Morgan fingerprint density at radius 3 is 2.50 bits per heavy atom. The predicted molar refractivity (Wildman–Crippen MR) is 59.5 cm³/mol. The van der Waals surface area contributed by atoms with Crippen molar-refractivity contribution < 1.29 is 9.00 Å². The van der Waals surface area contributed by atoms with Crippen molar-refractivity contribution in [2.24, 2.45) is 5.73 Å². The number of nitrogens with two attached hydrogens (primary N) is 1. The Kier molecular flexibility index (Phi) is 6.74. The molecule has 2 unspecified atom stereocenters. The Bertz CT molecular complexity index is 207. The van der Waals surface area contributed by atoms with Crippen molar-refractivity contribution in [2.75, 3.05) is 26.4 Å². The van der Waals surface area contributed by atoms with Gasteiger partial charge in [-0.15, -0.1) is 0 Å². The third-order valence-electron chi connectivity index (χ3n) is 2.04. The molecule has 2 atom stereocenters. The number of hydrogen-bond donors (Lipinski definition) is 1. The first-order valence-corrected chi connectivity index (χ1v) is 6.14. The molecule has 1 amide bonds. The smallest absolute Gasteiger partial charge is 0.222 e. The third-order valence-corrected chi connectivity index (χ3v) is 3.78. The summed E-state index contributed by atoms with van der Waals surface area (Å²) >= 11 is 0. The lowest BCUT2D eigenvalue weighted by Gasteiger charge is -2.12. The molecule has 0 aliphatic rings. The summed E-state index contributed by atoms with van der Waals surface area (Å²) in [4.78, 5) is 12.7. The molecule has 0 heterocycles. The largest absolute Gasteiger partial charge is 0.349 e. The highest BCUT2D eigenvalue weighted by Crippen LogP contribution is 2.02. The van der Waals surface area contributed by atoms with E-state index < -0.39 is 10.8 Å². The molecule has 0 rings (SSSR count). The molecule has 4 nitrogen and oxygen atoms in total. The minimum Gasteiger partial charge on any atom is -0.349 e. The first-order valence-electron chi connectivity index (χ1n) is 4.76. The van der Waals surface area contributed by atoms with Crippen molar-refractivity contribution in [1.29, 1.82) is 0 Å². The fraction of sp³-hybridized carbons (Fsp3) is 0.889. The molecule has 0 aromatic rings. The van der Waals surface area contributed by atoms with Gasteiger partial charge in [-0.25, -0.2) is 0 Å². The average molecular weight is 220 g/mol. The molecule has 2 N–H and O–H groups in total. The van der Waals surface area contributed by atoms with Gasteiger partial charge in [0.05, 0.1) is 0 Å². The van der Waals surface area contributed by atoms with Crippen LogP contribution in [0.3, 0.4) is 0 Å². The van der Waals surface area contributed by atoms with Gasteiger partial charge < -0.3 is 10.6 Å². The van der Waals surface area contributed by atoms with Gasteiger partial charge in [-0.2, -0.15) is 0 Å². The second kappa shape index (κ2) is 6.95. The second-order valence-electron chi connectivity index (χ2n) is 3.51. The van der Waals surface area contributed by atoms with E-state index >= 15 is 0 Å². The van der Waals surface area contributed by atoms with Crippen LogP contribution in [0, 0.1) is 0 Å². The van der Waals surface area contributed by atoms with E-state index in [4.69, 9.17) is 5.73 Å². The molecule has 0 aromatic heterocycles. The van der Waals surface area contributed by atoms with Gasteiger partial charge in [0.25, 0.3) is 0 Å². The van der Waals surface area contributed by atoms with Crippen LogP contribution in [0.15, 0.2) is 0 Å². The van der Waals surface area contributed by atoms with Crippen molar-refractivity contribution in [3.8, 4) is 0 Å². The summed E-state index contributed by atoms with van der Waals surface area (Å²) in [6, 6.07) is 0. The molecule has 0 aromatic carbocycles. The van der Waals surface area contributed by atoms with Crippen LogP contribution in [0.4, 0.5) is 0 Å². The van der Waals surface area contributed by atoms with Crippen LogP contribution >= 0.6 is 0 Å². The Labute approximate surface area is 88.3 Å². The van der Waals surface area contributed by atoms with Gasteiger partial charge in [0, 0.05) is 42.3 Å². The third kappa shape index (κ3) is 5.34. The van der Waals surface area contributed by atoms with Crippen LogP contribution in [-0.2, 0) is 15.6 Å². The van der Waals surface area contributed by atoms with E-state index in [-0.39, 0.29) is 11.2 Å². The fourth-order valence-electron chi connectivity index (χ4n) is 0.979. The van der Waals surface area contributed by atoms with Crippen LogP contribution in [0.25, 0.3) is 0 Å². The molecule has 0 bridgehead atoms. The lowest BCUT2D eigenvalue weighted by molar-refractivity contribution is -0.128. The molecule has 0 spiro atoms. The fourth-order valence-corrected chi connectivity index (χ4v) is 2.16. The predicted octanol–water partition coefficient (Wildman–Crippen LogP) is -0.0493. The number of hydrogen-bond acceptors (Lipinski definition) is 3.